The number of phenolic OH excluding ortho intramolecular Hbond substituents is 1. The number of fused-ring (bicyclic) bond motifs is 1. The predicted molar refractivity (Wildman–Crippen MR) is 132 cm³/mol. The van der Waals surface area contributed by atoms with Gasteiger partial charge in [0, 0.05) is 17.5 Å². The number of halogens is 3. The summed E-state index contributed by atoms with van der Waals surface area (Å²) in [6.45, 7) is 3.76. The van der Waals surface area contributed by atoms with Gasteiger partial charge in [0.2, 0.25) is 5.88 Å². The number of phenols is 1. The van der Waals surface area contributed by atoms with Crippen molar-refractivity contribution in [3.63, 3.8) is 0 Å². The number of alkyl halides is 3. The minimum Gasteiger partial charge on any atom is -0.506 e. The highest BCUT2D eigenvalue weighted by Gasteiger charge is 2.32. The Hall–Kier alpha value is -4.34. The predicted octanol–water partition coefficient (Wildman–Crippen LogP) is 7.50. The van der Waals surface area contributed by atoms with Gasteiger partial charge in [0.25, 0.3) is 0 Å². The van der Waals surface area contributed by atoms with Gasteiger partial charge < -0.3 is 15.3 Å². The van der Waals surface area contributed by atoms with Crippen molar-refractivity contribution in [1.29, 1.82) is 0 Å². The summed E-state index contributed by atoms with van der Waals surface area (Å²) in [4.78, 5) is 10.7. The summed E-state index contributed by atoms with van der Waals surface area (Å²) in [6, 6.07) is 13.0. The molecule has 3 N–H and O–H groups in total. The van der Waals surface area contributed by atoms with Crippen LogP contribution in [0.5, 0.6) is 11.6 Å². The zero-order valence-electron chi connectivity index (χ0n) is 20.0. The number of carboxylic acids is 1. The second-order valence-corrected chi connectivity index (χ2v) is 8.78. The van der Waals surface area contributed by atoms with Crippen molar-refractivity contribution in [3.8, 4) is 17.3 Å². The first-order valence-corrected chi connectivity index (χ1v) is 11.4. The summed E-state index contributed by atoms with van der Waals surface area (Å²) < 4.78 is 41.7. The van der Waals surface area contributed by atoms with E-state index in [1.54, 1.807) is 24.3 Å². The fourth-order valence-electron chi connectivity index (χ4n) is 4.01. The minimum atomic E-state index is -4.58. The van der Waals surface area contributed by atoms with Crippen LogP contribution in [0.2, 0.25) is 0 Å². The number of aliphatic carboxylic acids is 1. The van der Waals surface area contributed by atoms with Gasteiger partial charge in [0.15, 0.2) is 5.69 Å². The largest absolute Gasteiger partial charge is 0.506 e. The van der Waals surface area contributed by atoms with E-state index in [-0.39, 0.29) is 34.4 Å². The molecule has 0 spiro atoms. The lowest BCUT2D eigenvalue weighted by atomic mass is 10.1. The van der Waals surface area contributed by atoms with Crippen molar-refractivity contribution in [2.75, 3.05) is 0 Å². The third kappa shape index (κ3) is 5.42. The normalized spacial score (nSPS) is 12.0. The van der Waals surface area contributed by atoms with E-state index in [0.29, 0.717) is 24.1 Å². The van der Waals surface area contributed by atoms with Crippen LogP contribution in [0, 0.1) is 13.8 Å². The van der Waals surface area contributed by atoms with Gasteiger partial charge >= 0.3 is 12.1 Å². The maximum atomic E-state index is 13.5. The van der Waals surface area contributed by atoms with Gasteiger partial charge in [-0.25, -0.2) is 0 Å². The van der Waals surface area contributed by atoms with Crippen LogP contribution in [0.1, 0.15) is 35.1 Å². The van der Waals surface area contributed by atoms with Crippen LogP contribution < -0.4 is 0 Å². The lowest BCUT2D eigenvalue weighted by Crippen LogP contribution is -2.05. The molecule has 4 aromatic rings. The Kier molecular flexibility index (Phi) is 6.93. The van der Waals surface area contributed by atoms with E-state index in [1.165, 1.54) is 22.8 Å². The average molecular weight is 512 g/mol. The number of hydrogen-bond donors (Lipinski definition) is 3. The lowest BCUT2D eigenvalue weighted by Gasteiger charge is -2.11. The van der Waals surface area contributed by atoms with Crippen molar-refractivity contribution >= 4 is 28.2 Å². The van der Waals surface area contributed by atoms with Crippen molar-refractivity contribution in [1.82, 2.24) is 4.57 Å². The third-order valence-electron chi connectivity index (χ3n) is 6.15. The molecule has 0 aliphatic carbocycles. The number of azo groups is 1. The summed E-state index contributed by atoms with van der Waals surface area (Å²) in [5.74, 6) is -1.50. The Balaban J connectivity index is 1.78. The Morgan fingerprint density at radius 1 is 0.946 bits per heavy atom. The number of nitrogens with zero attached hydrogens (tertiary/aromatic N) is 3. The van der Waals surface area contributed by atoms with Crippen LogP contribution >= 0.6 is 0 Å². The first kappa shape index (κ1) is 25.7. The van der Waals surface area contributed by atoms with E-state index in [9.17, 15) is 28.2 Å². The number of hydrogen-bond acceptors (Lipinski definition) is 5. The molecule has 4 rings (SSSR count). The highest BCUT2D eigenvalue weighted by Crippen LogP contribution is 2.44. The molecular formula is C27H24F3N3O4. The maximum Gasteiger partial charge on any atom is 0.416 e. The third-order valence-corrected chi connectivity index (χ3v) is 6.15. The molecule has 0 fully saturated rings. The number of carboxylic acid groups (broad SMARTS) is 1. The molecule has 37 heavy (non-hydrogen) atoms. The topological polar surface area (TPSA) is 107 Å². The van der Waals surface area contributed by atoms with Crippen LogP contribution in [0.3, 0.4) is 0 Å². The second kappa shape index (κ2) is 9.96. The quantitative estimate of drug-likeness (QED) is 0.223. The Morgan fingerprint density at radius 2 is 1.70 bits per heavy atom. The van der Waals surface area contributed by atoms with Gasteiger partial charge in [-0.3, -0.25) is 9.36 Å². The molecule has 0 radical (unpaired) electrons. The Labute approximate surface area is 210 Å². The monoisotopic (exact) mass is 511 g/mol. The van der Waals surface area contributed by atoms with Crippen molar-refractivity contribution in [2.24, 2.45) is 10.2 Å². The van der Waals surface area contributed by atoms with E-state index in [4.69, 9.17) is 5.11 Å². The van der Waals surface area contributed by atoms with E-state index in [1.807, 2.05) is 13.8 Å². The van der Waals surface area contributed by atoms with Crippen molar-refractivity contribution in [3.05, 3.63) is 76.9 Å². The number of aryl methyl sites for hydroxylation is 3. The molecule has 0 atom stereocenters. The summed E-state index contributed by atoms with van der Waals surface area (Å²) in [5, 5.41) is 38.6. The Bertz CT molecular complexity index is 1520. The fourth-order valence-corrected chi connectivity index (χ4v) is 4.01. The SMILES string of the molecule is Cc1ccc(-n2c(O)c(N=Nc3ccc(CCCC(=O)O)cc3O)c3ccc(C(F)(F)F)cc32)cc1C. The molecule has 0 aliphatic heterocycles. The maximum absolute atomic E-state index is 13.5. The molecule has 1 aromatic heterocycles. The zero-order chi connectivity index (χ0) is 26.9. The minimum absolute atomic E-state index is 0.00211. The average Bonchev–Trinajstić information content (AvgIpc) is 3.10. The Morgan fingerprint density at radius 3 is 2.35 bits per heavy atom. The van der Waals surface area contributed by atoms with Crippen LogP contribution in [0.4, 0.5) is 24.5 Å². The van der Waals surface area contributed by atoms with Gasteiger partial charge in [0.1, 0.15) is 11.4 Å². The van der Waals surface area contributed by atoms with Gasteiger partial charge in [-0.1, -0.05) is 12.1 Å². The molecule has 3 aromatic carbocycles. The van der Waals surface area contributed by atoms with Crippen molar-refractivity contribution < 1.29 is 33.3 Å². The molecule has 0 saturated carbocycles. The molecule has 192 valence electrons. The van der Waals surface area contributed by atoms with E-state index >= 15 is 0 Å². The number of aromatic hydroxyl groups is 2. The summed E-state index contributed by atoms with van der Waals surface area (Å²) in [6.07, 6.45) is -3.73. The number of carbonyl (C=O) groups is 1. The fraction of sp³-hybridized carbons (Fsp3) is 0.222. The molecular weight excluding hydrogens is 487 g/mol. The number of rotatable bonds is 7. The van der Waals surface area contributed by atoms with Crippen LogP contribution in [0.25, 0.3) is 16.6 Å². The van der Waals surface area contributed by atoms with Gasteiger partial charge in [0.05, 0.1) is 11.1 Å². The van der Waals surface area contributed by atoms with Crippen molar-refractivity contribution in [2.45, 2.75) is 39.3 Å². The van der Waals surface area contributed by atoms with E-state index < -0.39 is 23.6 Å². The first-order chi connectivity index (χ1) is 17.5. The molecule has 0 aliphatic rings. The van der Waals surface area contributed by atoms with Gasteiger partial charge in [-0.2, -0.15) is 13.2 Å². The molecule has 0 amide bonds. The summed E-state index contributed by atoms with van der Waals surface area (Å²) in [7, 11) is 0. The molecule has 10 heteroatoms. The number of aromatic nitrogens is 1. The smallest absolute Gasteiger partial charge is 0.416 e. The number of benzene rings is 3. The molecule has 0 unspecified atom stereocenters. The van der Waals surface area contributed by atoms with Crippen LogP contribution in [0.15, 0.2) is 64.8 Å². The zero-order valence-corrected chi connectivity index (χ0v) is 20.0. The molecule has 0 bridgehead atoms. The summed E-state index contributed by atoms with van der Waals surface area (Å²) >= 11 is 0. The first-order valence-electron chi connectivity index (χ1n) is 11.4. The summed E-state index contributed by atoms with van der Waals surface area (Å²) in [5.41, 5.74) is 2.31. The van der Waals surface area contributed by atoms with Gasteiger partial charge in [-0.05, 0) is 85.8 Å². The van der Waals surface area contributed by atoms with Crippen LogP contribution in [-0.4, -0.2) is 25.9 Å². The van der Waals surface area contributed by atoms with Gasteiger partial charge in [-0.15, -0.1) is 10.2 Å². The van der Waals surface area contributed by atoms with E-state index in [2.05, 4.69) is 10.2 Å². The second-order valence-electron chi connectivity index (χ2n) is 8.78. The lowest BCUT2D eigenvalue weighted by molar-refractivity contribution is -0.138. The van der Waals surface area contributed by atoms with E-state index in [0.717, 1.165) is 23.3 Å². The highest BCUT2D eigenvalue weighted by molar-refractivity contribution is 5.97. The van der Waals surface area contributed by atoms with Crippen LogP contribution in [-0.2, 0) is 17.4 Å². The molecule has 0 saturated heterocycles. The standard InChI is InChI=1S/C27H24F3N3O4/c1-15-6-9-19(12-16(15)2)33-22-14-18(27(28,29)30)8-10-20(22)25(26(33)37)32-31-21-11-7-17(13-23(21)34)4-3-5-24(35)36/h6-14,34,37H,3-5H2,1-2H3,(H,35,36). The molecule has 1 heterocycles. The molecule has 7 nitrogen and oxygen atoms in total. The highest BCUT2D eigenvalue weighted by atomic mass is 19.4.